The molecule has 2 aliphatic heterocycles. The molecule has 0 aliphatic carbocycles. The van der Waals surface area contributed by atoms with E-state index < -0.39 is 47.2 Å². The van der Waals surface area contributed by atoms with Gasteiger partial charge < -0.3 is 33.7 Å². The van der Waals surface area contributed by atoms with Gasteiger partial charge in [-0.3, -0.25) is 10.1 Å². The average Bonchev–Trinajstić information content (AvgIpc) is 3.16. The molecule has 0 saturated heterocycles. The second-order valence-corrected chi connectivity index (χ2v) is 8.60. The molecule has 12 heteroatoms. The molecule has 4 rings (SSSR count). The number of hydrogen-bond acceptors (Lipinski definition) is 10. The van der Waals surface area contributed by atoms with Crippen molar-refractivity contribution in [2.45, 2.75) is 50.5 Å². The number of carbonyl (C=O) groups is 1. The van der Waals surface area contributed by atoms with E-state index in [2.05, 4.69) is 0 Å². The summed E-state index contributed by atoms with van der Waals surface area (Å²) >= 11 is 0. The molecule has 2 aromatic carbocycles. The normalized spacial score (nSPS) is 24.6. The van der Waals surface area contributed by atoms with E-state index in [0.717, 1.165) is 0 Å². The van der Waals surface area contributed by atoms with Crippen molar-refractivity contribution in [3.05, 3.63) is 63.5 Å². The van der Waals surface area contributed by atoms with Crippen LogP contribution in [0.2, 0.25) is 0 Å². The van der Waals surface area contributed by atoms with Gasteiger partial charge in [0.05, 0.1) is 17.6 Å². The summed E-state index contributed by atoms with van der Waals surface area (Å²) in [6, 6.07) is 7.00. The van der Waals surface area contributed by atoms with Gasteiger partial charge in [0.25, 0.3) is 5.69 Å². The Morgan fingerprint density at radius 2 is 2.03 bits per heavy atom. The summed E-state index contributed by atoms with van der Waals surface area (Å²) in [6.45, 7) is 3.27. The molecular formula is C24H27FN2O9. The number of aliphatic hydroxyl groups is 1. The first-order chi connectivity index (χ1) is 17.1. The predicted molar refractivity (Wildman–Crippen MR) is 123 cm³/mol. The smallest absolute Gasteiger partial charge is 0.479 e. The Hall–Kier alpha value is -3.48. The molecule has 0 amide bonds. The van der Waals surface area contributed by atoms with Gasteiger partial charge >= 0.3 is 6.16 Å². The van der Waals surface area contributed by atoms with Gasteiger partial charge in [-0.15, -0.1) is 0 Å². The van der Waals surface area contributed by atoms with E-state index in [0.29, 0.717) is 11.3 Å². The van der Waals surface area contributed by atoms with Gasteiger partial charge in [0.15, 0.2) is 18.1 Å². The van der Waals surface area contributed by atoms with Gasteiger partial charge in [-0.25, -0.2) is 9.18 Å². The number of rotatable bonds is 7. The molecule has 0 unspecified atom stereocenters. The van der Waals surface area contributed by atoms with Crippen LogP contribution in [0.15, 0.2) is 36.4 Å². The molecule has 11 nitrogen and oxygen atoms in total. The van der Waals surface area contributed by atoms with Crippen molar-refractivity contribution >= 4 is 17.5 Å². The van der Waals surface area contributed by atoms with Crippen molar-refractivity contribution < 1.29 is 42.9 Å². The summed E-state index contributed by atoms with van der Waals surface area (Å²) in [5.41, 5.74) is -0.451. The summed E-state index contributed by atoms with van der Waals surface area (Å²) in [7, 11) is 2.77. The van der Waals surface area contributed by atoms with Gasteiger partial charge in [0, 0.05) is 44.0 Å². The highest BCUT2D eigenvalue weighted by atomic mass is 19.1. The van der Waals surface area contributed by atoms with Crippen LogP contribution in [-0.2, 0) is 25.4 Å². The number of aliphatic hydroxyl groups excluding tert-OH is 1. The minimum Gasteiger partial charge on any atom is -0.479 e. The van der Waals surface area contributed by atoms with Crippen LogP contribution in [0.4, 0.5) is 20.6 Å². The van der Waals surface area contributed by atoms with E-state index in [9.17, 15) is 24.4 Å². The SMILES string of the molecule is CCOC(=O)O[C@@H]1Cc2cc(F)ccc2N1[C@@H]1c2cc([N+](=O)[O-])ccc2O[C@](C)(C(OC)OC)[C@H]1O. The third-order valence-electron chi connectivity index (χ3n) is 6.45. The minimum absolute atomic E-state index is 0.0729. The lowest BCUT2D eigenvalue weighted by atomic mass is 9.83. The number of ether oxygens (including phenoxy) is 5. The van der Waals surface area contributed by atoms with Crippen LogP contribution in [0, 0.1) is 15.9 Å². The van der Waals surface area contributed by atoms with Crippen LogP contribution in [0.5, 0.6) is 5.75 Å². The van der Waals surface area contributed by atoms with Crippen molar-refractivity contribution in [2.24, 2.45) is 0 Å². The number of hydrogen-bond donors (Lipinski definition) is 1. The van der Waals surface area contributed by atoms with Crippen LogP contribution < -0.4 is 9.64 Å². The molecule has 2 aliphatic rings. The second kappa shape index (κ2) is 9.88. The number of carbonyl (C=O) groups excluding carboxylic acids is 1. The van der Waals surface area contributed by atoms with Crippen LogP contribution in [0.1, 0.15) is 31.0 Å². The molecule has 0 saturated carbocycles. The summed E-state index contributed by atoms with van der Waals surface area (Å²) in [4.78, 5) is 24.9. The monoisotopic (exact) mass is 506 g/mol. The zero-order chi connectivity index (χ0) is 26.2. The zero-order valence-electron chi connectivity index (χ0n) is 20.2. The van der Waals surface area contributed by atoms with E-state index in [1.807, 2.05) is 0 Å². The number of benzene rings is 2. The fourth-order valence-corrected chi connectivity index (χ4v) is 4.91. The quantitative estimate of drug-likeness (QED) is 0.258. The van der Waals surface area contributed by atoms with E-state index in [1.54, 1.807) is 18.7 Å². The van der Waals surface area contributed by atoms with E-state index >= 15 is 0 Å². The summed E-state index contributed by atoms with van der Waals surface area (Å²) < 4.78 is 41.6. The first kappa shape index (κ1) is 25.6. The molecule has 0 spiro atoms. The Morgan fingerprint density at radius 3 is 2.67 bits per heavy atom. The van der Waals surface area contributed by atoms with Crippen LogP contribution in [-0.4, -0.2) is 61.2 Å². The zero-order valence-corrected chi connectivity index (χ0v) is 20.2. The molecule has 0 radical (unpaired) electrons. The van der Waals surface area contributed by atoms with Crippen molar-refractivity contribution in [1.29, 1.82) is 0 Å². The van der Waals surface area contributed by atoms with Crippen LogP contribution in [0.3, 0.4) is 0 Å². The molecule has 2 aromatic rings. The maximum absolute atomic E-state index is 14.1. The standard InChI is InChI=1S/C24H27FN2O9/c1-5-34-23(29)35-19-11-13-10-14(25)6-8-17(13)26(19)20-16-12-15(27(30)31)7-9-18(16)36-24(2,21(20)28)22(32-3)33-4/h6-10,12,19-22,28H,5,11H2,1-4H3/t19-,20-,21+,24+/m1/s1. The fraction of sp³-hybridized carbons (Fsp3) is 0.458. The number of halogens is 1. The van der Waals surface area contributed by atoms with Gasteiger partial charge in [-0.05, 0) is 43.7 Å². The lowest BCUT2D eigenvalue weighted by Crippen LogP contribution is -2.63. The van der Waals surface area contributed by atoms with Crippen molar-refractivity contribution in [1.82, 2.24) is 0 Å². The van der Waals surface area contributed by atoms with E-state index in [-0.39, 0.29) is 30.0 Å². The molecular weight excluding hydrogens is 479 g/mol. The molecule has 4 atom stereocenters. The number of anilines is 1. The third-order valence-corrected chi connectivity index (χ3v) is 6.45. The molecule has 0 bridgehead atoms. The predicted octanol–water partition coefficient (Wildman–Crippen LogP) is 3.47. The summed E-state index contributed by atoms with van der Waals surface area (Å²) in [5.74, 6) is -0.249. The Bertz CT molecular complexity index is 1160. The maximum atomic E-state index is 14.1. The average molecular weight is 506 g/mol. The second-order valence-electron chi connectivity index (χ2n) is 8.60. The Balaban J connectivity index is 1.91. The summed E-state index contributed by atoms with van der Waals surface area (Å²) in [6.07, 6.45) is -4.33. The number of nitro benzene ring substituents is 1. The van der Waals surface area contributed by atoms with E-state index in [1.165, 1.54) is 50.6 Å². The molecule has 2 heterocycles. The Morgan fingerprint density at radius 1 is 1.31 bits per heavy atom. The molecule has 0 aromatic heterocycles. The molecule has 194 valence electrons. The maximum Gasteiger partial charge on any atom is 0.510 e. The number of fused-ring (bicyclic) bond motifs is 2. The van der Waals surface area contributed by atoms with Crippen molar-refractivity contribution in [3.8, 4) is 5.75 Å². The Kier molecular flexibility index (Phi) is 7.03. The van der Waals surface area contributed by atoms with Gasteiger partial charge in [-0.1, -0.05) is 0 Å². The number of methoxy groups -OCH3 is 2. The molecule has 1 N–H and O–H groups in total. The summed E-state index contributed by atoms with van der Waals surface area (Å²) in [5, 5.41) is 23.3. The van der Waals surface area contributed by atoms with Gasteiger partial charge in [0.1, 0.15) is 17.7 Å². The molecule has 36 heavy (non-hydrogen) atoms. The number of non-ortho nitro benzene ring substituents is 1. The van der Waals surface area contributed by atoms with Gasteiger partial charge in [-0.2, -0.15) is 0 Å². The fourth-order valence-electron chi connectivity index (χ4n) is 4.91. The Labute approximate surface area is 206 Å². The van der Waals surface area contributed by atoms with Crippen LogP contribution >= 0.6 is 0 Å². The number of nitro groups is 1. The van der Waals surface area contributed by atoms with Crippen molar-refractivity contribution in [3.63, 3.8) is 0 Å². The van der Waals surface area contributed by atoms with E-state index in [4.69, 9.17) is 23.7 Å². The topological polar surface area (TPSA) is 130 Å². The molecule has 0 fully saturated rings. The minimum atomic E-state index is -1.49. The highest BCUT2D eigenvalue weighted by molar-refractivity contribution is 5.66. The van der Waals surface area contributed by atoms with Crippen LogP contribution in [0.25, 0.3) is 0 Å². The highest BCUT2D eigenvalue weighted by Gasteiger charge is 2.56. The number of nitrogens with zero attached hydrogens (tertiary/aromatic N) is 2. The third kappa shape index (κ3) is 4.31. The lowest BCUT2D eigenvalue weighted by Gasteiger charge is -2.50. The largest absolute Gasteiger partial charge is 0.510 e. The first-order valence-electron chi connectivity index (χ1n) is 11.3. The lowest BCUT2D eigenvalue weighted by molar-refractivity contribution is -0.385. The van der Waals surface area contributed by atoms with Crippen molar-refractivity contribution in [2.75, 3.05) is 25.7 Å². The first-order valence-corrected chi connectivity index (χ1v) is 11.3. The van der Waals surface area contributed by atoms with Gasteiger partial charge in [0.2, 0.25) is 0 Å². The highest BCUT2D eigenvalue weighted by Crippen LogP contribution is 2.50.